The number of rotatable bonds is 3. The van der Waals surface area contributed by atoms with E-state index in [0.29, 0.717) is 5.38 Å². The highest BCUT2D eigenvalue weighted by atomic mass is 35.5. The molecule has 0 aromatic rings. The van der Waals surface area contributed by atoms with Crippen LogP contribution < -0.4 is 0 Å². The van der Waals surface area contributed by atoms with E-state index in [1.54, 1.807) is 0 Å². The molecule has 0 aromatic carbocycles. The van der Waals surface area contributed by atoms with Crippen LogP contribution in [0.3, 0.4) is 0 Å². The zero-order valence-electron chi connectivity index (χ0n) is 8.27. The lowest BCUT2D eigenvalue weighted by Crippen LogP contribution is -2.05. The zero-order chi connectivity index (χ0) is 9.52. The van der Waals surface area contributed by atoms with Gasteiger partial charge in [0.2, 0.25) is 0 Å². The number of halogens is 1. The quantitative estimate of drug-likeness (QED) is 0.279. The van der Waals surface area contributed by atoms with E-state index in [1.807, 2.05) is 0 Å². The van der Waals surface area contributed by atoms with Crippen molar-refractivity contribution in [2.45, 2.75) is 56.7 Å². The summed E-state index contributed by atoms with van der Waals surface area (Å²) >= 11 is 6.19. The summed E-state index contributed by atoms with van der Waals surface area (Å²) in [5, 5.41) is 0.429. The van der Waals surface area contributed by atoms with Crippen molar-refractivity contribution in [2.75, 3.05) is 0 Å². The Morgan fingerprint density at radius 3 is 2.85 bits per heavy atom. The van der Waals surface area contributed by atoms with Crippen LogP contribution in [0.25, 0.3) is 0 Å². The summed E-state index contributed by atoms with van der Waals surface area (Å²) in [6.07, 6.45) is 15.1. The molecule has 13 heavy (non-hydrogen) atoms. The molecule has 0 aliphatic heterocycles. The van der Waals surface area contributed by atoms with Crippen LogP contribution in [0.1, 0.15) is 51.4 Å². The fraction of sp³-hybridized carbons (Fsp3) is 0.833. The molecule has 1 aliphatic carbocycles. The molecule has 1 rings (SSSR count). The Labute approximate surface area is 87.1 Å². The summed E-state index contributed by atoms with van der Waals surface area (Å²) in [6, 6.07) is 0. The SMILES string of the molecule is C#CCCCC1CCCCC(Cl)C1. The first-order valence-corrected chi connectivity index (χ1v) is 5.84. The first-order valence-electron chi connectivity index (χ1n) is 5.40. The maximum atomic E-state index is 6.19. The molecule has 0 spiro atoms. The Balaban J connectivity index is 2.19. The van der Waals surface area contributed by atoms with Crippen LogP contribution in [0.4, 0.5) is 0 Å². The molecular formula is C12H19Cl. The van der Waals surface area contributed by atoms with E-state index in [9.17, 15) is 0 Å². The van der Waals surface area contributed by atoms with Crippen molar-refractivity contribution in [1.82, 2.24) is 0 Å². The maximum absolute atomic E-state index is 6.19. The molecule has 1 heteroatoms. The van der Waals surface area contributed by atoms with Crippen LogP contribution in [-0.2, 0) is 0 Å². The van der Waals surface area contributed by atoms with Crippen LogP contribution in [0.5, 0.6) is 0 Å². The second kappa shape index (κ2) is 6.33. The lowest BCUT2D eigenvalue weighted by atomic mass is 9.94. The van der Waals surface area contributed by atoms with Gasteiger partial charge < -0.3 is 0 Å². The lowest BCUT2D eigenvalue weighted by molar-refractivity contribution is 0.420. The van der Waals surface area contributed by atoms with Gasteiger partial charge in [0, 0.05) is 11.8 Å². The molecule has 2 atom stereocenters. The largest absolute Gasteiger partial charge is 0.123 e. The van der Waals surface area contributed by atoms with E-state index in [4.69, 9.17) is 18.0 Å². The smallest absolute Gasteiger partial charge is 0.0338 e. The molecule has 0 aromatic heterocycles. The Morgan fingerprint density at radius 2 is 2.08 bits per heavy atom. The molecule has 0 amide bonds. The average molecular weight is 199 g/mol. The van der Waals surface area contributed by atoms with Crippen molar-refractivity contribution >= 4 is 11.6 Å². The molecule has 0 saturated heterocycles. The fourth-order valence-electron chi connectivity index (χ4n) is 2.15. The molecular weight excluding hydrogens is 180 g/mol. The van der Waals surface area contributed by atoms with Crippen LogP contribution in [0, 0.1) is 18.3 Å². The first kappa shape index (κ1) is 10.9. The van der Waals surface area contributed by atoms with Gasteiger partial charge in [-0.15, -0.1) is 23.9 Å². The highest BCUT2D eigenvalue weighted by Crippen LogP contribution is 2.29. The summed E-state index contributed by atoms with van der Waals surface area (Å²) in [5.41, 5.74) is 0. The molecule has 2 unspecified atom stereocenters. The van der Waals surface area contributed by atoms with Gasteiger partial charge >= 0.3 is 0 Å². The van der Waals surface area contributed by atoms with Gasteiger partial charge in [0.05, 0.1) is 0 Å². The van der Waals surface area contributed by atoms with Crippen LogP contribution >= 0.6 is 11.6 Å². The summed E-state index contributed by atoms with van der Waals surface area (Å²) in [7, 11) is 0. The highest BCUT2D eigenvalue weighted by molar-refractivity contribution is 6.20. The van der Waals surface area contributed by atoms with Gasteiger partial charge in [0.25, 0.3) is 0 Å². The summed E-state index contributed by atoms with van der Waals surface area (Å²) in [6.45, 7) is 0. The lowest BCUT2D eigenvalue weighted by Gasteiger charge is -2.14. The third-order valence-corrected chi connectivity index (χ3v) is 3.30. The number of unbranched alkanes of at least 4 members (excludes halogenated alkanes) is 1. The number of terminal acetylenes is 1. The Morgan fingerprint density at radius 1 is 1.31 bits per heavy atom. The van der Waals surface area contributed by atoms with Crippen molar-refractivity contribution in [2.24, 2.45) is 5.92 Å². The zero-order valence-corrected chi connectivity index (χ0v) is 9.02. The fourth-order valence-corrected chi connectivity index (χ4v) is 2.56. The molecule has 1 aliphatic rings. The normalized spacial score (nSPS) is 29.2. The Hall–Kier alpha value is -0.150. The highest BCUT2D eigenvalue weighted by Gasteiger charge is 2.17. The molecule has 0 heterocycles. The maximum Gasteiger partial charge on any atom is 0.0338 e. The van der Waals surface area contributed by atoms with Gasteiger partial charge in [0.15, 0.2) is 0 Å². The third-order valence-electron chi connectivity index (χ3n) is 2.90. The molecule has 1 saturated carbocycles. The van der Waals surface area contributed by atoms with E-state index >= 15 is 0 Å². The second-order valence-corrected chi connectivity index (χ2v) is 4.70. The number of hydrogen-bond acceptors (Lipinski definition) is 0. The van der Waals surface area contributed by atoms with Crippen molar-refractivity contribution in [3.8, 4) is 12.3 Å². The third kappa shape index (κ3) is 4.58. The molecule has 0 bridgehead atoms. The van der Waals surface area contributed by atoms with Crippen LogP contribution in [0.2, 0.25) is 0 Å². The van der Waals surface area contributed by atoms with E-state index in [1.165, 1.54) is 44.9 Å². The van der Waals surface area contributed by atoms with Crippen LogP contribution in [-0.4, -0.2) is 5.38 Å². The summed E-state index contributed by atoms with van der Waals surface area (Å²) in [4.78, 5) is 0. The van der Waals surface area contributed by atoms with Gasteiger partial charge in [-0.3, -0.25) is 0 Å². The Bertz CT molecular complexity index is 168. The summed E-state index contributed by atoms with van der Waals surface area (Å²) < 4.78 is 0. The predicted octanol–water partition coefficient (Wildman–Crippen LogP) is 3.98. The van der Waals surface area contributed by atoms with Gasteiger partial charge in [0.1, 0.15) is 0 Å². The molecule has 0 N–H and O–H groups in total. The van der Waals surface area contributed by atoms with Gasteiger partial charge in [-0.1, -0.05) is 19.3 Å². The molecule has 0 radical (unpaired) electrons. The van der Waals surface area contributed by atoms with Gasteiger partial charge in [-0.2, -0.15) is 0 Å². The van der Waals surface area contributed by atoms with E-state index in [2.05, 4.69) is 5.92 Å². The average Bonchev–Trinajstić information content (AvgIpc) is 2.31. The topological polar surface area (TPSA) is 0 Å². The van der Waals surface area contributed by atoms with Crippen molar-refractivity contribution in [1.29, 1.82) is 0 Å². The van der Waals surface area contributed by atoms with Crippen molar-refractivity contribution in [3.63, 3.8) is 0 Å². The number of hydrogen-bond donors (Lipinski definition) is 0. The van der Waals surface area contributed by atoms with Gasteiger partial charge in [-0.05, 0) is 31.6 Å². The Kier molecular flexibility index (Phi) is 5.32. The summed E-state index contributed by atoms with van der Waals surface area (Å²) in [5.74, 6) is 3.55. The number of alkyl halides is 1. The minimum atomic E-state index is 0.429. The molecule has 74 valence electrons. The standard InChI is InChI=1S/C12H19Cl/c1-2-3-4-7-11-8-5-6-9-12(13)10-11/h1,11-12H,3-10H2. The van der Waals surface area contributed by atoms with E-state index in [0.717, 1.165) is 12.3 Å². The molecule has 1 fully saturated rings. The first-order chi connectivity index (χ1) is 6.33. The minimum Gasteiger partial charge on any atom is -0.123 e. The van der Waals surface area contributed by atoms with Crippen LogP contribution in [0.15, 0.2) is 0 Å². The van der Waals surface area contributed by atoms with Crippen molar-refractivity contribution in [3.05, 3.63) is 0 Å². The second-order valence-electron chi connectivity index (χ2n) is 4.08. The minimum absolute atomic E-state index is 0.429. The van der Waals surface area contributed by atoms with E-state index in [-0.39, 0.29) is 0 Å². The molecule has 0 nitrogen and oxygen atoms in total. The van der Waals surface area contributed by atoms with Gasteiger partial charge in [-0.25, -0.2) is 0 Å². The predicted molar refractivity (Wildman–Crippen MR) is 58.9 cm³/mol. The van der Waals surface area contributed by atoms with Crippen molar-refractivity contribution < 1.29 is 0 Å². The van der Waals surface area contributed by atoms with E-state index < -0.39 is 0 Å². The monoisotopic (exact) mass is 198 g/mol.